The summed E-state index contributed by atoms with van der Waals surface area (Å²) in [4.78, 5) is 32.8. The Morgan fingerprint density at radius 1 is 1.25 bits per heavy atom. The van der Waals surface area contributed by atoms with Crippen molar-refractivity contribution in [3.8, 4) is 0 Å². The number of hydrogen-bond acceptors (Lipinski definition) is 3. The standard InChI is InChI=1S/C21H31N5O2/c1-2-23-21(25-11-5-7-16(15-25)13-19(22)27)24-14-20(28)26-12-6-9-17-8-3-4-10-18(17)26/h3-4,8,10,16H,2,5-7,9,11-15H2,1H3,(H2,22,27)(H,23,24). The van der Waals surface area contributed by atoms with Crippen molar-refractivity contribution >= 4 is 23.5 Å². The molecule has 0 saturated carbocycles. The maximum Gasteiger partial charge on any atom is 0.248 e. The summed E-state index contributed by atoms with van der Waals surface area (Å²) in [5.74, 6) is 0.760. The first-order valence-electron chi connectivity index (χ1n) is 10.3. The Bertz CT molecular complexity index is 733. The molecule has 152 valence electrons. The number of amides is 2. The van der Waals surface area contributed by atoms with Crippen LogP contribution >= 0.6 is 0 Å². The first kappa shape index (κ1) is 20.2. The molecule has 3 rings (SSSR count). The minimum absolute atomic E-state index is 0.0215. The molecule has 0 aromatic heterocycles. The van der Waals surface area contributed by atoms with Gasteiger partial charge in [-0.2, -0.15) is 0 Å². The molecule has 3 N–H and O–H groups in total. The summed E-state index contributed by atoms with van der Waals surface area (Å²) in [6.07, 6.45) is 4.39. The second-order valence-electron chi connectivity index (χ2n) is 7.57. The number of benzene rings is 1. The van der Waals surface area contributed by atoms with Crippen molar-refractivity contribution in [2.24, 2.45) is 16.6 Å². The van der Waals surface area contributed by atoms with Gasteiger partial charge in [0.05, 0.1) is 0 Å². The smallest absolute Gasteiger partial charge is 0.248 e. The van der Waals surface area contributed by atoms with E-state index in [4.69, 9.17) is 5.73 Å². The SMILES string of the molecule is CCNC(=NCC(=O)N1CCCc2ccccc21)N1CCCC(CC(N)=O)C1. The Hall–Kier alpha value is -2.57. The third kappa shape index (κ3) is 5.03. The van der Waals surface area contributed by atoms with Gasteiger partial charge in [-0.25, -0.2) is 4.99 Å². The molecular formula is C21H31N5O2. The summed E-state index contributed by atoms with van der Waals surface area (Å²) >= 11 is 0. The highest BCUT2D eigenvalue weighted by molar-refractivity contribution is 5.97. The number of rotatable bonds is 5. The molecule has 1 aromatic rings. The fraction of sp³-hybridized carbons (Fsp3) is 0.571. The van der Waals surface area contributed by atoms with Gasteiger partial charge in [0, 0.05) is 38.3 Å². The number of fused-ring (bicyclic) bond motifs is 1. The highest BCUT2D eigenvalue weighted by atomic mass is 16.2. The van der Waals surface area contributed by atoms with E-state index in [2.05, 4.69) is 21.3 Å². The molecular weight excluding hydrogens is 354 g/mol. The van der Waals surface area contributed by atoms with Gasteiger partial charge in [-0.15, -0.1) is 0 Å². The van der Waals surface area contributed by atoms with Gasteiger partial charge in [-0.3, -0.25) is 9.59 Å². The predicted octanol–water partition coefficient (Wildman–Crippen LogP) is 1.52. The zero-order valence-electron chi connectivity index (χ0n) is 16.7. The zero-order valence-corrected chi connectivity index (χ0v) is 16.7. The van der Waals surface area contributed by atoms with Gasteiger partial charge in [0.15, 0.2) is 5.96 Å². The van der Waals surface area contributed by atoms with Crippen LogP contribution in [-0.2, 0) is 16.0 Å². The first-order valence-corrected chi connectivity index (χ1v) is 10.3. The van der Waals surface area contributed by atoms with E-state index in [-0.39, 0.29) is 24.3 Å². The number of para-hydroxylation sites is 1. The molecule has 1 atom stereocenters. The zero-order chi connectivity index (χ0) is 19.9. The number of nitrogens with two attached hydrogens (primary N) is 1. The number of likely N-dealkylation sites (tertiary alicyclic amines) is 1. The van der Waals surface area contributed by atoms with Crippen LogP contribution < -0.4 is 16.0 Å². The van der Waals surface area contributed by atoms with Crippen molar-refractivity contribution in [1.29, 1.82) is 0 Å². The number of guanidine groups is 1. The van der Waals surface area contributed by atoms with Crippen molar-refractivity contribution in [3.05, 3.63) is 29.8 Å². The van der Waals surface area contributed by atoms with Crippen LogP contribution in [0.3, 0.4) is 0 Å². The molecule has 2 aliphatic heterocycles. The van der Waals surface area contributed by atoms with Gasteiger partial charge < -0.3 is 20.9 Å². The topological polar surface area (TPSA) is 91.0 Å². The maximum atomic E-state index is 12.9. The largest absolute Gasteiger partial charge is 0.370 e. The van der Waals surface area contributed by atoms with Gasteiger partial charge in [0.2, 0.25) is 11.8 Å². The van der Waals surface area contributed by atoms with E-state index in [0.29, 0.717) is 6.42 Å². The number of aliphatic imine (C=N–C) groups is 1. The van der Waals surface area contributed by atoms with Crippen LogP contribution in [0.25, 0.3) is 0 Å². The van der Waals surface area contributed by atoms with E-state index >= 15 is 0 Å². The van der Waals surface area contributed by atoms with Crippen molar-refractivity contribution in [2.45, 2.75) is 39.0 Å². The van der Waals surface area contributed by atoms with Gasteiger partial charge in [0.1, 0.15) is 6.54 Å². The lowest BCUT2D eigenvalue weighted by Crippen LogP contribution is -2.47. The van der Waals surface area contributed by atoms with Crippen molar-refractivity contribution < 1.29 is 9.59 Å². The molecule has 1 aromatic carbocycles. The fourth-order valence-corrected chi connectivity index (χ4v) is 4.15. The quantitative estimate of drug-likeness (QED) is 0.594. The van der Waals surface area contributed by atoms with E-state index in [9.17, 15) is 9.59 Å². The number of hydrogen-bond donors (Lipinski definition) is 2. The summed E-state index contributed by atoms with van der Waals surface area (Å²) in [6, 6.07) is 8.10. The molecule has 1 saturated heterocycles. The minimum Gasteiger partial charge on any atom is -0.370 e. The van der Waals surface area contributed by atoms with Crippen LogP contribution in [-0.4, -0.2) is 55.4 Å². The Balaban J connectivity index is 1.67. The molecule has 0 aliphatic carbocycles. The molecule has 1 fully saturated rings. The van der Waals surface area contributed by atoms with Crippen LogP contribution in [0.4, 0.5) is 5.69 Å². The summed E-state index contributed by atoms with van der Waals surface area (Å²) in [7, 11) is 0. The number of nitrogens with zero attached hydrogens (tertiary/aromatic N) is 3. The Morgan fingerprint density at radius 2 is 2.07 bits per heavy atom. The van der Waals surface area contributed by atoms with E-state index in [1.807, 2.05) is 30.0 Å². The number of primary amides is 1. The summed E-state index contributed by atoms with van der Waals surface area (Å²) in [6.45, 7) is 5.23. The fourth-order valence-electron chi connectivity index (χ4n) is 4.15. The van der Waals surface area contributed by atoms with E-state index in [0.717, 1.165) is 63.5 Å². The molecule has 1 unspecified atom stereocenters. The summed E-state index contributed by atoms with van der Waals surface area (Å²) in [5, 5.41) is 3.29. The van der Waals surface area contributed by atoms with Gasteiger partial charge in [0.25, 0.3) is 0 Å². The highest BCUT2D eigenvalue weighted by Crippen LogP contribution is 2.26. The average molecular weight is 386 g/mol. The number of aryl methyl sites for hydroxylation is 1. The second kappa shape index (κ2) is 9.57. The normalized spacial score (nSPS) is 19.9. The number of nitrogens with one attached hydrogen (secondary N) is 1. The molecule has 2 aliphatic rings. The number of piperidine rings is 1. The van der Waals surface area contributed by atoms with Crippen LogP contribution in [0.15, 0.2) is 29.3 Å². The molecule has 2 amide bonds. The maximum absolute atomic E-state index is 12.9. The van der Waals surface area contributed by atoms with Gasteiger partial charge in [-0.05, 0) is 50.2 Å². The second-order valence-corrected chi connectivity index (χ2v) is 7.57. The lowest BCUT2D eigenvalue weighted by atomic mass is 9.95. The van der Waals surface area contributed by atoms with E-state index in [1.54, 1.807) is 0 Å². The molecule has 2 heterocycles. The van der Waals surface area contributed by atoms with Crippen LogP contribution in [0.2, 0.25) is 0 Å². The van der Waals surface area contributed by atoms with Gasteiger partial charge in [-0.1, -0.05) is 18.2 Å². The number of carbonyl (C=O) groups is 2. The van der Waals surface area contributed by atoms with Crippen LogP contribution in [0.5, 0.6) is 0 Å². The molecule has 7 nitrogen and oxygen atoms in total. The molecule has 28 heavy (non-hydrogen) atoms. The lowest BCUT2D eigenvalue weighted by molar-refractivity contribution is -0.119. The highest BCUT2D eigenvalue weighted by Gasteiger charge is 2.25. The van der Waals surface area contributed by atoms with Crippen LogP contribution in [0.1, 0.15) is 38.2 Å². The van der Waals surface area contributed by atoms with Crippen LogP contribution in [0, 0.1) is 5.92 Å². The Labute approximate surface area is 167 Å². The van der Waals surface area contributed by atoms with Crippen molar-refractivity contribution in [3.63, 3.8) is 0 Å². The lowest BCUT2D eigenvalue weighted by Gasteiger charge is -2.35. The average Bonchev–Trinajstić information content (AvgIpc) is 2.70. The Kier molecular flexibility index (Phi) is 6.90. The van der Waals surface area contributed by atoms with Crippen molar-refractivity contribution in [2.75, 3.05) is 37.6 Å². The third-order valence-electron chi connectivity index (χ3n) is 5.42. The van der Waals surface area contributed by atoms with Gasteiger partial charge >= 0.3 is 0 Å². The minimum atomic E-state index is -0.257. The molecule has 0 bridgehead atoms. The molecule has 0 radical (unpaired) electrons. The molecule has 0 spiro atoms. The first-order chi connectivity index (χ1) is 13.6. The summed E-state index contributed by atoms with van der Waals surface area (Å²) in [5.41, 5.74) is 7.61. The van der Waals surface area contributed by atoms with E-state index < -0.39 is 0 Å². The van der Waals surface area contributed by atoms with Crippen molar-refractivity contribution in [1.82, 2.24) is 10.2 Å². The molecule has 7 heteroatoms. The number of carbonyl (C=O) groups excluding carboxylic acids is 2. The third-order valence-corrected chi connectivity index (χ3v) is 5.42. The Morgan fingerprint density at radius 3 is 2.86 bits per heavy atom. The van der Waals surface area contributed by atoms with E-state index in [1.165, 1.54) is 5.56 Å². The summed E-state index contributed by atoms with van der Waals surface area (Å²) < 4.78 is 0. The number of anilines is 1. The monoisotopic (exact) mass is 385 g/mol. The predicted molar refractivity (Wildman–Crippen MR) is 111 cm³/mol.